The van der Waals surface area contributed by atoms with Crippen LogP contribution < -0.4 is 5.32 Å². The summed E-state index contributed by atoms with van der Waals surface area (Å²) in [5.41, 5.74) is 1.12. The van der Waals surface area contributed by atoms with E-state index in [2.05, 4.69) is 17.3 Å². The fourth-order valence-electron chi connectivity index (χ4n) is 2.24. The molecule has 1 unspecified atom stereocenters. The minimum Gasteiger partial charge on any atom is -0.376 e. The first-order chi connectivity index (χ1) is 10.2. The van der Waals surface area contributed by atoms with Crippen LogP contribution in [-0.4, -0.2) is 56.8 Å². The fourth-order valence-corrected chi connectivity index (χ4v) is 2.24. The molecule has 5 nitrogen and oxygen atoms in total. The van der Waals surface area contributed by atoms with Gasteiger partial charge in [0.2, 0.25) is 5.91 Å². The zero-order valence-electron chi connectivity index (χ0n) is 12.6. The second kappa shape index (κ2) is 8.77. The Morgan fingerprint density at radius 2 is 2.24 bits per heavy atom. The average Bonchev–Trinajstić information content (AvgIpc) is 2.51. The number of nitrogens with one attached hydrogen (secondary N) is 1. The highest BCUT2D eigenvalue weighted by molar-refractivity contribution is 5.75. The van der Waals surface area contributed by atoms with Crippen molar-refractivity contribution in [1.29, 1.82) is 0 Å². The Labute approximate surface area is 126 Å². The second-order valence-corrected chi connectivity index (χ2v) is 5.35. The van der Waals surface area contributed by atoms with Gasteiger partial charge in [0, 0.05) is 26.1 Å². The molecule has 116 valence electrons. The third-order valence-electron chi connectivity index (χ3n) is 3.45. The minimum absolute atomic E-state index is 0.0138. The smallest absolute Gasteiger partial charge is 0.222 e. The highest BCUT2D eigenvalue weighted by Crippen LogP contribution is 2.02. The van der Waals surface area contributed by atoms with Crippen molar-refractivity contribution in [3.8, 4) is 0 Å². The molecule has 0 bridgehead atoms. The van der Waals surface area contributed by atoms with Gasteiger partial charge in [-0.25, -0.2) is 0 Å². The van der Waals surface area contributed by atoms with E-state index in [0.717, 1.165) is 25.3 Å². The van der Waals surface area contributed by atoms with Crippen LogP contribution in [0.1, 0.15) is 12.0 Å². The van der Waals surface area contributed by atoms with Crippen molar-refractivity contribution >= 4 is 5.91 Å². The maximum absolute atomic E-state index is 11.7. The topological polar surface area (TPSA) is 50.8 Å². The lowest BCUT2D eigenvalue weighted by molar-refractivity contribution is -0.123. The van der Waals surface area contributed by atoms with Gasteiger partial charge >= 0.3 is 0 Å². The van der Waals surface area contributed by atoms with E-state index in [1.807, 2.05) is 30.3 Å². The summed E-state index contributed by atoms with van der Waals surface area (Å²) in [4.78, 5) is 13.9. The highest BCUT2D eigenvalue weighted by atomic mass is 16.5. The number of hydrogen-bond donors (Lipinski definition) is 1. The number of carbonyl (C=O) groups excluding carboxylic acids is 1. The summed E-state index contributed by atoms with van der Waals surface area (Å²) in [7, 11) is 2.06. The van der Waals surface area contributed by atoms with E-state index in [1.54, 1.807) is 0 Å². The van der Waals surface area contributed by atoms with Crippen LogP contribution in [0.4, 0.5) is 0 Å². The van der Waals surface area contributed by atoms with Crippen LogP contribution in [-0.2, 0) is 20.9 Å². The molecular formula is C16H24N2O3. The molecule has 1 aliphatic heterocycles. The first-order valence-electron chi connectivity index (χ1n) is 7.42. The maximum Gasteiger partial charge on any atom is 0.222 e. The predicted molar refractivity (Wildman–Crippen MR) is 81.0 cm³/mol. The number of nitrogens with zero attached hydrogens (tertiary/aromatic N) is 1. The Bertz CT molecular complexity index is 425. The van der Waals surface area contributed by atoms with E-state index in [0.29, 0.717) is 26.2 Å². The standard InChI is InChI=1S/C16H24N2O3/c1-18-8-10-21-15(12-18)11-17-16(19)7-9-20-13-14-5-3-2-4-6-14/h2-6,15H,7-13H2,1H3,(H,17,19). The van der Waals surface area contributed by atoms with E-state index >= 15 is 0 Å². The minimum atomic E-state index is 0.0138. The number of morpholine rings is 1. The first-order valence-corrected chi connectivity index (χ1v) is 7.42. The molecule has 21 heavy (non-hydrogen) atoms. The normalized spacial score (nSPS) is 19.4. The number of rotatable bonds is 7. The molecule has 0 saturated carbocycles. The molecule has 1 heterocycles. The Hall–Kier alpha value is -1.43. The van der Waals surface area contributed by atoms with E-state index in [-0.39, 0.29) is 12.0 Å². The molecule has 0 radical (unpaired) electrons. The second-order valence-electron chi connectivity index (χ2n) is 5.35. The van der Waals surface area contributed by atoms with Gasteiger partial charge in [0.1, 0.15) is 0 Å². The largest absolute Gasteiger partial charge is 0.376 e. The van der Waals surface area contributed by atoms with Crippen molar-refractivity contribution in [2.45, 2.75) is 19.1 Å². The van der Waals surface area contributed by atoms with Gasteiger partial charge in [0.25, 0.3) is 0 Å². The molecule has 0 aliphatic carbocycles. The molecule has 2 rings (SSSR count). The average molecular weight is 292 g/mol. The molecule has 1 atom stereocenters. The third kappa shape index (κ3) is 6.25. The summed E-state index contributed by atoms with van der Waals surface area (Å²) >= 11 is 0. The van der Waals surface area contributed by atoms with Gasteiger partial charge in [-0.05, 0) is 12.6 Å². The summed E-state index contributed by atoms with van der Waals surface area (Å²) < 4.78 is 11.1. The molecular weight excluding hydrogens is 268 g/mol. The molecule has 1 aliphatic rings. The number of ether oxygens (including phenoxy) is 2. The first kappa shape index (κ1) is 15.9. The Morgan fingerprint density at radius 3 is 3.00 bits per heavy atom. The monoisotopic (exact) mass is 292 g/mol. The Morgan fingerprint density at radius 1 is 1.43 bits per heavy atom. The van der Waals surface area contributed by atoms with Crippen LogP contribution in [0, 0.1) is 0 Å². The maximum atomic E-state index is 11.7. The summed E-state index contributed by atoms with van der Waals surface area (Å²) in [5.74, 6) is 0.0138. The zero-order valence-corrected chi connectivity index (χ0v) is 12.6. The molecule has 0 aromatic heterocycles. The van der Waals surface area contributed by atoms with E-state index < -0.39 is 0 Å². The number of benzene rings is 1. The molecule has 0 spiro atoms. The lowest BCUT2D eigenvalue weighted by Crippen LogP contribution is -2.46. The van der Waals surface area contributed by atoms with Crippen LogP contribution in [0.3, 0.4) is 0 Å². The van der Waals surface area contributed by atoms with Crippen molar-refractivity contribution in [1.82, 2.24) is 10.2 Å². The Kier molecular flexibility index (Phi) is 6.66. The lowest BCUT2D eigenvalue weighted by atomic mass is 10.2. The van der Waals surface area contributed by atoms with Gasteiger partial charge in [-0.1, -0.05) is 30.3 Å². The van der Waals surface area contributed by atoms with E-state index in [4.69, 9.17) is 9.47 Å². The van der Waals surface area contributed by atoms with E-state index in [1.165, 1.54) is 0 Å². The summed E-state index contributed by atoms with van der Waals surface area (Å²) in [6, 6.07) is 9.95. The summed E-state index contributed by atoms with van der Waals surface area (Å²) in [5, 5.41) is 2.90. The Balaban J connectivity index is 1.53. The SMILES string of the molecule is CN1CCOC(CNC(=O)CCOCc2ccccc2)C1. The molecule has 1 amide bonds. The van der Waals surface area contributed by atoms with Crippen LogP contribution in [0.15, 0.2) is 30.3 Å². The molecule has 5 heteroatoms. The van der Waals surface area contributed by atoms with Crippen molar-refractivity contribution < 1.29 is 14.3 Å². The van der Waals surface area contributed by atoms with Crippen molar-refractivity contribution in [3.05, 3.63) is 35.9 Å². The number of carbonyl (C=O) groups is 1. The van der Waals surface area contributed by atoms with Gasteiger partial charge in [-0.3, -0.25) is 4.79 Å². The fraction of sp³-hybridized carbons (Fsp3) is 0.562. The van der Waals surface area contributed by atoms with Crippen molar-refractivity contribution in [3.63, 3.8) is 0 Å². The van der Waals surface area contributed by atoms with Gasteiger partial charge in [-0.2, -0.15) is 0 Å². The highest BCUT2D eigenvalue weighted by Gasteiger charge is 2.17. The van der Waals surface area contributed by atoms with Crippen molar-refractivity contribution in [2.75, 3.05) is 39.9 Å². The van der Waals surface area contributed by atoms with Crippen LogP contribution in [0.2, 0.25) is 0 Å². The quantitative estimate of drug-likeness (QED) is 0.763. The number of hydrogen-bond acceptors (Lipinski definition) is 4. The number of likely N-dealkylation sites (N-methyl/N-ethyl adjacent to an activating group) is 1. The predicted octanol–water partition coefficient (Wildman–Crippen LogP) is 1.04. The van der Waals surface area contributed by atoms with Crippen molar-refractivity contribution in [2.24, 2.45) is 0 Å². The van der Waals surface area contributed by atoms with Crippen LogP contribution in [0.25, 0.3) is 0 Å². The molecule has 1 N–H and O–H groups in total. The molecule has 1 saturated heterocycles. The molecule has 1 aromatic carbocycles. The summed E-state index contributed by atoms with van der Waals surface area (Å²) in [6.07, 6.45) is 0.480. The van der Waals surface area contributed by atoms with E-state index in [9.17, 15) is 4.79 Å². The van der Waals surface area contributed by atoms with Gasteiger partial charge in [0.15, 0.2) is 0 Å². The molecule has 1 aromatic rings. The van der Waals surface area contributed by atoms with Crippen LogP contribution >= 0.6 is 0 Å². The van der Waals surface area contributed by atoms with Gasteiger partial charge in [0.05, 0.1) is 25.9 Å². The zero-order chi connectivity index (χ0) is 14.9. The molecule has 1 fully saturated rings. The van der Waals surface area contributed by atoms with Gasteiger partial charge in [-0.15, -0.1) is 0 Å². The summed E-state index contributed by atoms with van der Waals surface area (Å²) in [6.45, 7) is 4.11. The number of amides is 1. The lowest BCUT2D eigenvalue weighted by Gasteiger charge is -2.30. The van der Waals surface area contributed by atoms with Crippen LogP contribution in [0.5, 0.6) is 0 Å². The van der Waals surface area contributed by atoms with Gasteiger partial charge < -0.3 is 19.7 Å². The third-order valence-corrected chi connectivity index (χ3v) is 3.45.